The molecule has 1 aromatic heterocycles. The third-order valence-corrected chi connectivity index (χ3v) is 3.82. The van der Waals surface area contributed by atoms with Crippen molar-refractivity contribution in [3.05, 3.63) is 22.7 Å². The van der Waals surface area contributed by atoms with Crippen LogP contribution in [0, 0.1) is 0 Å². The number of aliphatic carboxylic acids is 1. The molecule has 1 aromatic carbocycles. The predicted octanol–water partition coefficient (Wildman–Crippen LogP) is 3.25. The Balaban J connectivity index is 1.97. The van der Waals surface area contributed by atoms with Crippen LogP contribution < -0.4 is 5.32 Å². The molecule has 2 aromatic rings. The van der Waals surface area contributed by atoms with Crippen molar-refractivity contribution in [3.8, 4) is 0 Å². The number of nitrogens with zero attached hydrogens (tertiary/aromatic N) is 1. The summed E-state index contributed by atoms with van der Waals surface area (Å²) in [5.74, 6) is -1.10. The SMILES string of the molecule is O=C(O)CCCC(=O)Nc1nc2ccc(Br)cc2s1. The van der Waals surface area contributed by atoms with Gasteiger partial charge in [0.05, 0.1) is 10.2 Å². The van der Waals surface area contributed by atoms with Crippen LogP contribution in [-0.4, -0.2) is 22.0 Å². The molecule has 2 N–H and O–H groups in total. The number of carbonyl (C=O) groups excluding carboxylic acids is 1. The summed E-state index contributed by atoms with van der Waals surface area (Å²) >= 11 is 4.77. The highest BCUT2D eigenvalue weighted by Gasteiger charge is 2.08. The molecule has 0 aliphatic carbocycles. The van der Waals surface area contributed by atoms with Crippen LogP contribution in [-0.2, 0) is 9.59 Å². The lowest BCUT2D eigenvalue weighted by Gasteiger charge is -1.99. The zero-order valence-electron chi connectivity index (χ0n) is 9.85. The Morgan fingerprint density at radius 2 is 2.16 bits per heavy atom. The first-order valence-corrected chi connectivity index (χ1v) is 7.23. The van der Waals surface area contributed by atoms with Crippen LogP contribution in [0.2, 0.25) is 0 Å². The summed E-state index contributed by atoms with van der Waals surface area (Å²) in [7, 11) is 0. The lowest BCUT2D eigenvalue weighted by molar-refractivity contribution is -0.137. The fraction of sp³-hybridized carbons (Fsp3) is 0.250. The van der Waals surface area contributed by atoms with Gasteiger partial charge in [-0.15, -0.1) is 0 Å². The Hall–Kier alpha value is -1.47. The van der Waals surface area contributed by atoms with Gasteiger partial charge in [-0.3, -0.25) is 9.59 Å². The van der Waals surface area contributed by atoms with E-state index < -0.39 is 5.97 Å². The molecule has 2 rings (SSSR count). The second-order valence-corrected chi connectivity index (χ2v) is 5.87. The summed E-state index contributed by atoms with van der Waals surface area (Å²) in [6, 6.07) is 5.70. The summed E-state index contributed by atoms with van der Waals surface area (Å²) in [5, 5.41) is 11.7. The number of rotatable bonds is 5. The number of anilines is 1. The first-order valence-electron chi connectivity index (χ1n) is 5.62. The fourth-order valence-corrected chi connectivity index (χ4v) is 2.97. The molecule has 0 aliphatic rings. The Bertz CT molecular complexity index is 626. The van der Waals surface area contributed by atoms with Crippen molar-refractivity contribution >= 4 is 54.5 Å². The maximum absolute atomic E-state index is 11.6. The van der Waals surface area contributed by atoms with Crippen molar-refractivity contribution in [2.24, 2.45) is 0 Å². The summed E-state index contributed by atoms with van der Waals surface area (Å²) in [6.07, 6.45) is 0.518. The lowest BCUT2D eigenvalue weighted by Crippen LogP contribution is -2.11. The molecule has 1 heterocycles. The molecule has 5 nitrogen and oxygen atoms in total. The average Bonchev–Trinajstić information content (AvgIpc) is 2.69. The van der Waals surface area contributed by atoms with Crippen LogP contribution in [0.3, 0.4) is 0 Å². The van der Waals surface area contributed by atoms with Gasteiger partial charge in [-0.05, 0) is 24.6 Å². The highest BCUT2D eigenvalue weighted by atomic mass is 79.9. The highest BCUT2D eigenvalue weighted by molar-refractivity contribution is 9.10. The molecule has 0 fully saturated rings. The number of hydrogen-bond acceptors (Lipinski definition) is 4. The number of carbonyl (C=O) groups is 2. The number of thiazole rings is 1. The molecule has 0 spiro atoms. The van der Waals surface area contributed by atoms with Gasteiger partial charge in [0.25, 0.3) is 0 Å². The molecule has 100 valence electrons. The zero-order valence-corrected chi connectivity index (χ0v) is 12.3. The van der Waals surface area contributed by atoms with E-state index in [1.54, 1.807) is 0 Å². The fourth-order valence-electron chi connectivity index (χ4n) is 1.53. The Morgan fingerprint density at radius 1 is 1.37 bits per heavy atom. The molecule has 0 bridgehead atoms. The van der Waals surface area contributed by atoms with Crippen LogP contribution in [0.5, 0.6) is 0 Å². The van der Waals surface area contributed by atoms with E-state index in [4.69, 9.17) is 5.11 Å². The van der Waals surface area contributed by atoms with E-state index in [1.807, 2.05) is 18.2 Å². The van der Waals surface area contributed by atoms with E-state index in [1.165, 1.54) is 11.3 Å². The van der Waals surface area contributed by atoms with E-state index in [2.05, 4.69) is 26.2 Å². The normalized spacial score (nSPS) is 10.6. The van der Waals surface area contributed by atoms with Gasteiger partial charge < -0.3 is 10.4 Å². The quantitative estimate of drug-likeness (QED) is 0.873. The monoisotopic (exact) mass is 342 g/mol. The molecule has 0 unspecified atom stereocenters. The second kappa shape index (κ2) is 6.12. The van der Waals surface area contributed by atoms with Crippen molar-refractivity contribution in [3.63, 3.8) is 0 Å². The molecule has 1 amide bonds. The van der Waals surface area contributed by atoms with Crippen LogP contribution in [0.25, 0.3) is 10.2 Å². The Kier molecular flexibility index (Phi) is 4.49. The van der Waals surface area contributed by atoms with Crippen molar-refractivity contribution < 1.29 is 14.7 Å². The maximum Gasteiger partial charge on any atom is 0.303 e. The average molecular weight is 343 g/mol. The summed E-state index contributed by atoms with van der Waals surface area (Å²) in [5.41, 5.74) is 0.828. The van der Waals surface area contributed by atoms with Crippen LogP contribution in [0.4, 0.5) is 5.13 Å². The number of amides is 1. The van der Waals surface area contributed by atoms with E-state index in [9.17, 15) is 9.59 Å². The van der Waals surface area contributed by atoms with Gasteiger partial charge in [-0.25, -0.2) is 4.98 Å². The van der Waals surface area contributed by atoms with Crippen LogP contribution in [0.1, 0.15) is 19.3 Å². The van der Waals surface area contributed by atoms with Gasteiger partial charge in [0, 0.05) is 17.3 Å². The summed E-state index contributed by atoms with van der Waals surface area (Å²) < 4.78 is 1.94. The molecule has 0 saturated heterocycles. The minimum Gasteiger partial charge on any atom is -0.481 e. The molecule has 0 radical (unpaired) electrons. The largest absolute Gasteiger partial charge is 0.481 e. The topological polar surface area (TPSA) is 79.3 Å². The van der Waals surface area contributed by atoms with Crippen molar-refractivity contribution in [2.75, 3.05) is 5.32 Å². The van der Waals surface area contributed by atoms with Gasteiger partial charge in [0.2, 0.25) is 5.91 Å². The van der Waals surface area contributed by atoms with Gasteiger partial charge >= 0.3 is 5.97 Å². The van der Waals surface area contributed by atoms with E-state index in [0.717, 1.165) is 14.7 Å². The minimum atomic E-state index is -0.891. The number of nitrogens with one attached hydrogen (secondary N) is 1. The molecule has 19 heavy (non-hydrogen) atoms. The minimum absolute atomic E-state index is 0.000210. The van der Waals surface area contributed by atoms with E-state index in [-0.39, 0.29) is 18.7 Å². The molecule has 0 aliphatic heterocycles. The zero-order chi connectivity index (χ0) is 13.8. The number of benzene rings is 1. The van der Waals surface area contributed by atoms with Gasteiger partial charge in [-0.2, -0.15) is 0 Å². The predicted molar refractivity (Wildman–Crippen MR) is 77.4 cm³/mol. The maximum atomic E-state index is 11.6. The Labute approximate surface area is 121 Å². The van der Waals surface area contributed by atoms with Gasteiger partial charge in [0.15, 0.2) is 5.13 Å². The summed E-state index contributed by atoms with van der Waals surface area (Å²) in [4.78, 5) is 26.2. The van der Waals surface area contributed by atoms with Gasteiger partial charge in [-0.1, -0.05) is 27.3 Å². The number of carboxylic acids is 1. The molecule has 0 atom stereocenters. The molecular formula is C12H11BrN2O3S. The Morgan fingerprint density at radius 3 is 2.89 bits per heavy atom. The van der Waals surface area contributed by atoms with Crippen molar-refractivity contribution in [2.45, 2.75) is 19.3 Å². The first kappa shape index (κ1) is 14.0. The molecule has 0 saturated carbocycles. The van der Waals surface area contributed by atoms with Crippen molar-refractivity contribution in [1.82, 2.24) is 4.98 Å². The first-order chi connectivity index (χ1) is 9.04. The number of aromatic nitrogens is 1. The van der Waals surface area contributed by atoms with Crippen LogP contribution in [0.15, 0.2) is 22.7 Å². The smallest absolute Gasteiger partial charge is 0.303 e. The van der Waals surface area contributed by atoms with Crippen molar-refractivity contribution in [1.29, 1.82) is 0 Å². The molecular weight excluding hydrogens is 332 g/mol. The van der Waals surface area contributed by atoms with Crippen LogP contribution >= 0.6 is 27.3 Å². The lowest BCUT2D eigenvalue weighted by atomic mass is 10.2. The van der Waals surface area contributed by atoms with E-state index >= 15 is 0 Å². The van der Waals surface area contributed by atoms with Gasteiger partial charge in [0.1, 0.15) is 0 Å². The number of halogens is 1. The highest BCUT2D eigenvalue weighted by Crippen LogP contribution is 2.28. The number of hydrogen-bond donors (Lipinski definition) is 2. The standard InChI is InChI=1S/C12H11BrN2O3S/c13-7-4-5-8-9(6-7)19-12(14-8)15-10(16)2-1-3-11(17)18/h4-6H,1-3H2,(H,17,18)(H,14,15,16). The second-order valence-electron chi connectivity index (χ2n) is 3.93. The number of carboxylic acid groups (broad SMARTS) is 1. The summed E-state index contributed by atoms with van der Waals surface area (Å²) in [6.45, 7) is 0. The molecule has 7 heteroatoms. The van der Waals surface area contributed by atoms with E-state index in [0.29, 0.717) is 11.6 Å². The number of fused-ring (bicyclic) bond motifs is 1. The third-order valence-electron chi connectivity index (χ3n) is 2.39. The third kappa shape index (κ3) is 4.00.